The summed E-state index contributed by atoms with van der Waals surface area (Å²) in [4.78, 5) is 4.96. The third-order valence-electron chi connectivity index (χ3n) is 2.49. The van der Waals surface area contributed by atoms with Crippen molar-refractivity contribution < 1.29 is 4.84 Å². The number of nitrogens with one attached hydrogen (secondary N) is 1. The average molecular weight is 248 g/mol. The van der Waals surface area contributed by atoms with Gasteiger partial charge in [-0.25, -0.2) is 0 Å². The number of hydrogen-bond acceptors (Lipinski definition) is 5. The standard InChI is InChI=1S/C13H20N4O/c1-12(16-8-7-14)9-17(18-11-15)10-13-5-3-2-4-6-13/h2-6,12,16H,7-10,14H2,1H3. The van der Waals surface area contributed by atoms with E-state index in [2.05, 4.69) is 5.32 Å². The topological polar surface area (TPSA) is 74.3 Å². The summed E-state index contributed by atoms with van der Waals surface area (Å²) in [5.41, 5.74) is 6.54. The first-order valence-corrected chi connectivity index (χ1v) is 6.04. The largest absolute Gasteiger partial charge is 0.329 e. The van der Waals surface area contributed by atoms with Crippen LogP contribution in [0.5, 0.6) is 0 Å². The van der Waals surface area contributed by atoms with Gasteiger partial charge in [-0.15, -0.1) is 10.3 Å². The fourth-order valence-electron chi connectivity index (χ4n) is 1.68. The lowest BCUT2D eigenvalue weighted by molar-refractivity contribution is -0.104. The molecule has 0 fully saturated rings. The van der Waals surface area contributed by atoms with Crippen LogP contribution >= 0.6 is 0 Å². The summed E-state index contributed by atoms with van der Waals surface area (Å²) in [5, 5.41) is 13.5. The fraction of sp³-hybridized carbons (Fsp3) is 0.462. The van der Waals surface area contributed by atoms with Gasteiger partial charge in [0.2, 0.25) is 0 Å². The highest BCUT2D eigenvalue weighted by Crippen LogP contribution is 2.05. The molecule has 5 heteroatoms. The first-order chi connectivity index (χ1) is 8.76. The van der Waals surface area contributed by atoms with Gasteiger partial charge in [0, 0.05) is 19.1 Å². The molecule has 0 aromatic heterocycles. The van der Waals surface area contributed by atoms with Crippen molar-refractivity contribution in [2.75, 3.05) is 19.6 Å². The van der Waals surface area contributed by atoms with E-state index in [-0.39, 0.29) is 6.04 Å². The molecule has 0 saturated heterocycles. The molecule has 0 aliphatic heterocycles. The van der Waals surface area contributed by atoms with E-state index in [4.69, 9.17) is 15.8 Å². The lowest BCUT2D eigenvalue weighted by Crippen LogP contribution is -2.40. The minimum absolute atomic E-state index is 0.214. The van der Waals surface area contributed by atoms with Crippen molar-refractivity contribution in [3.63, 3.8) is 0 Å². The molecule has 1 aromatic rings. The van der Waals surface area contributed by atoms with E-state index in [0.29, 0.717) is 19.6 Å². The van der Waals surface area contributed by atoms with E-state index < -0.39 is 0 Å². The maximum absolute atomic E-state index is 8.65. The highest BCUT2D eigenvalue weighted by atomic mass is 16.7. The Bertz CT molecular complexity index is 363. The first-order valence-electron chi connectivity index (χ1n) is 6.04. The van der Waals surface area contributed by atoms with E-state index in [1.54, 1.807) is 11.3 Å². The second kappa shape index (κ2) is 8.48. The smallest absolute Gasteiger partial charge is 0.307 e. The summed E-state index contributed by atoms with van der Waals surface area (Å²) in [5.74, 6) is 0. The third-order valence-corrected chi connectivity index (χ3v) is 2.49. The molecule has 0 saturated carbocycles. The monoisotopic (exact) mass is 248 g/mol. The Morgan fingerprint density at radius 2 is 2.17 bits per heavy atom. The molecule has 0 aliphatic carbocycles. The van der Waals surface area contributed by atoms with Gasteiger partial charge in [-0.05, 0) is 12.5 Å². The van der Waals surface area contributed by atoms with Crippen LogP contribution < -0.4 is 11.1 Å². The molecule has 1 aromatic carbocycles. The molecule has 5 nitrogen and oxygen atoms in total. The Balaban J connectivity index is 2.47. The van der Waals surface area contributed by atoms with E-state index in [1.165, 1.54) is 0 Å². The maximum atomic E-state index is 8.65. The van der Waals surface area contributed by atoms with Crippen LogP contribution in [0.2, 0.25) is 0 Å². The Kier molecular flexibility index (Phi) is 6.81. The maximum Gasteiger partial charge on any atom is 0.307 e. The number of nitrogens with two attached hydrogens (primary N) is 1. The zero-order chi connectivity index (χ0) is 13.2. The number of hydroxylamine groups is 2. The van der Waals surface area contributed by atoms with Gasteiger partial charge >= 0.3 is 6.26 Å². The quantitative estimate of drug-likeness (QED) is 0.527. The van der Waals surface area contributed by atoms with Crippen LogP contribution in [0.4, 0.5) is 0 Å². The van der Waals surface area contributed by atoms with E-state index in [0.717, 1.165) is 12.1 Å². The van der Waals surface area contributed by atoms with E-state index in [9.17, 15) is 0 Å². The Hall–Kier alpha value is -1.61. The summed E-state index contributed by atoms with van der Waals surface area (Å²) in [6.07, 6.45) is 1.72. The molecule has 0 spiro atoms. The highest BCUT2D eigenvalue weighted by molar-refractivity contribution is 5.14. The van der Waals surface area contributed by atoms with Gasteiger partial charge in [0.05, 0.1) is 13.1 Å². The zero-order valence-corrected chi connectivity index (χ0v) is 10.7. The molecule has 18 heavy (non-hydrogen) atoms. The van der Waals surface area contributed by atoms with Crippen molar-refractivity contribution in [3.05, 3.63) is 35.9 Å². The van der Waals surface area contributed by atoms with Gasteiger partial charge in [0.15, 0.2) is 0 Å². The van der Waals surface area contributed by atoms with Crippen molar-refractivity contribution in [2.45, 2.75) is 19.5 Å². The predicted octanol–water partition coefficient (Wildman–Crippen LogP) is 0.838. The highest BCUT2D eigenvalue weighted by Gasteiger charge is 2.11. The van der Waals surface area contributed by atoms with Crippen molar-refractivity contribution in [2.24, 2.45) is 5.73 Å². The summed E-state index contributed by atoms with van der Waals surface area (Å²) >= 11 is 0. The number of rotatable bonds is 8. The van der Waals surface area contributed by atoms with Crippen LogP contribution in [0.3, 0.4) is 0 Å². The van der Waals surface area contributed by atoms with Crippen LogP contribution in [-0.2, 0) is 11.4 Å². The van der Waals surface area contributed by atoms with Gasteiger partial charge in [-0.3, -0.25) is 0 Å². The lowest BCUT2D eigenvalue weighted by atomic mass is 10.2. The van der Waals surface area contributed by atoms with Crippen LogP contribution in [0, 0.1) is 11.5 Å². The third kappa shape index (κ3) is 5.64. The second-order valence-electron chi connectivity index (χ2n) is 4.13. The molecule has 1 atom stereocenters. The zero-order valence-electron chi connectivity index (χ0n) is 10.7. The normalized spacial score (nSPS) is 12.1. The predicted molar refractivity (Wildman–Crippen MR) is 70.1 cm³/mol. The molecular weight excluding hydrogens is 228 g/mol. The average Bonchev–Trinajstić information content (AvgIpc) is 2.38. The van der Waals surface area contributed by atoms with E-state index >= 15 is 0 Å². The lowest BCUT2D eigenvalue weighted by Gasteiger charge is -2.22. The molecule has 0 amide bonds. The van der Waals surface area contributed by atoms with Gasteiger partial charge < -0.3 is 15.9 Å². The molecule has 98 valence electrons. The summed E-state index contributed by atoms with van der Waals surface area (Å²) in [6.45, 7) is 4.61. The number of nitriles is 1. The number of hydrogen-bond donors (Lipinski definition) is 2. The fourth-order valence-corrected chi connectivity index (χ4v) is 1.68. The van der Waals surface area contributed by atoms with Crippen molar-refractivity contribution in [3.8, 4) is 6.26 Å². The molecule has 0 aliphatic rings. The van der Waals surface area contributed by atoms with Gasteiger partial charge in [-0.2, -0.15) is 0 Å². The van der Waals surface area contributed by atoms with Crippen LogP contribution in [0.15, 0.2) is 30.3 Å². The van der Waals surface area contributed by atoms with Gasteiger partial charge in [0.1, 0.15) is 0 Å². The number of benzene rings is 1. The summed E-state index contributed by atoms with van der Waals surface area (Å²) in [7, 11) is 0. The molecule has 0 heterocycles. The Labute approximate surface area is 108 Å². The Morgan fingerprint density at radius 3 is 2.78 bits per heavy atom. The number of nitrogens with zero attached hydrogens (tertiary/aromatic N) is 2. The second-order valence-corrected chi connectivity index (χ2v) is 4.13. The molecular formula is C13H20N4O. The SMILES string of the molecule is CC(CN(Cc1ccccc1)OC#N)NCCN. The summed E-state index contributed by atoms with van der Waals surface area (Å²) < 4.78 is 0. The van der Waals surface area contributed by atoms with Crippen molar-refractivity contribution in [1.82, 2.24) is 10.4 Å². The van der Waals surface area contributed by atoms with Gasteiger partial charge in [-0.1, -0.05) is 30.3 Å². The minimum Gasteiger partial charge on any atom is -0.329 e. The van der Waals surface area contributed by atoms with Crippen molar-refractivity contribution >= 4 is 0 Å². The van der Waals surface area contributed by atoms with Crippen LogP contribution in [0.1, 0.15) is 12.5 Å². The van der Waals surface area contributed by atoms with Gasteiger partial charge in [0.25, 0.3) is 0 Å². The minimum atomic E-state index is 0.214. The first kappa shape index (κ1) is 14.5. The summed E-state index contributed by atoms with van der Waals surface area (Å²) in [6, 6.07) is 10.1. The van der Waals surface area contributed by atoms with E-state index in [1.807, 2.05) is 37.3 Å². The van der Waals surface area contributed by atoms with Crippen LogP contribution in [-0.4, -0.2) is 30.7 Å². The van der Waals surface area contributed by atoms with Crippen molar-refractivity contribution in [1.29, 1.82) is 5.26 Å². The molecule has 1 unspecified atom stereocenters. The molecule has 0 radical (unpaired) electrons. The Morgan fingerprint density at radius 1 is 1.44 bits per heavy atom. The van der Waals surface area contributed by atoms with Crippen LogP contribution in [0.25, 0.3) is 0 Å². The molecule has 1 rings (SSSR count). The molecule has 0 bridgehead atoms. The molecule has 3 N–H and O–H groups in total.